The third kappa shape index (κ3) is 9.01. The molecule has 4 aromatic rings. The van der Waals surface area contributed by atoms with Crippen LogP contribution in [0.3, 0.4) is 0 Å². The van der Waals surface area contributed by atoms with Crippen molar-refractivity contribution in [2.75, 3.05) is 0 Å². The third-order valence-corrected chi connectivity index (χ3v) is 8.89. The van der Waals surface area contributed by atoms with E-state index in [-0.39, 0.29) is 16.1 Å². The summed E-state index contributed by atoms with van der Waals surface area (Å²) in [7, 11) is -6.68. The first kappa shape index (κ1) is 36.4. The van der Waals surface area contributed by atoms with Crippen molar-refractivity contribution in [3.05, 3.63) is 105 Å². The van der Waals surface area contributed by atoms with Gasteiger partial charge in [0.1, 0.15) is 5.75 Å². The molecule has 0 fully saturated rings. The van der Waals surface area contributed by atoms with E-state index in [4.69, 9.17) is 33.0 Å². The largest absolute Gasteiger partial charge is 0.441 e. The van der Waals surface area contributed by atoms with E-state index >= 15 is 0 Å². The number of hydrogen-bond acceptors (Lipinski definition) is 6. The van der Waals surface area contributed by atoms with E-state index in [2.05, 4.69) is 58.2 Å². The van der Waals surface area contributed by atoms with Gasteiger partial charge in [-0.2, -0.15) is 14.7 Å². The van der Waals surface area contributed by atoms with Gasteiger partial charge in [0.25, 0.3) is 0 Å². The van der Waals surface area contributed by atoms with E-state index in [1.807, 2.05) is 38.1 Å². The second-order valence-electron chi connectivity index (χ2n) is 12.8. The minimum atomic E-state index is -4.40. The molecule has 0 unspecified atom stereocenters. The van der Waals surface area contributed by atoms with Crippen molar-refractivity contribution < 1.29 is 29.0 Å². The summed E-state index contributed by atoms with van der Waals surface area (Å²) in [6.45, 7) is 16.6. The highest BCUT2D eigenvalue weighted by Crippen LogP contribution is 2.53. The number of halogens is 2. The topological polar surface area (TPSA) is 110 Å². The third-order valence-electron chi connectivity index (χ3n) is 6.90. The predicted molar refractivity (Wildman–Crippen MR) is 186 cm³/mol. The van der Waals surface area contributed by atoms with Gasteiger partial charge in [0.15, 0.2) is 5.30 Å². The van der Waals surface area contributed by atoms with Crippen LogP contribution in [0.1, 0.15) is 63.8 Å². The number of aryl methyl sites for hydroxylation is 2. The number of benzene rings is 4. The van der Waals surface area contributed by atoms with Crippen LogP contribution in [-0.2, 0) is 10.8 Å². The number of para-hydroxylation sites is 1. The minimum absolute atomic E-state index is 0.0535. The fourth-order valence-corrected chi connectivity index (χ4v) is 6.90. The molecular formula is C34H41Cl2O6P2+. The zero-order valence-corrected chi connectivity index (χ0v) is 29.5. The molecule has 0 bridgehead atoms. The fourth-order valence-electron chi connectivity index (χ4n) is 5.03. The quantitative estimate of drug-likeness (QED) is 0.135. The molecule has 4 aromatic carbocycles. The van der Waals surface area contributed by atoms with Crippen LogP contribution in [0.5, 0.6) is 5.75 Å². The smallest absolute Gasteiger partial charge is 0.427 e. The van der Waals surface area contributed by atoms with E-state index in [1.165, 1.54) is 0 Å². The summed E-state index contributed by atoms with van der Waals surface area (Å²) in [6, 6.07) is 21.8. The zero-order chi connectivity index (χ0) is 33.2. The molecule has 5 N–H and O–H groups in total. The maximum absolute atomic E-state index is 10.5. The van der Waals surface area contributed by atoms with Crippen LogP contribution in [0.2, 0.25) is 10.0 Å². The van der Waals surface area contributed by atoms with Gasteiger partial charge >= 0.3 is 16.5 Å². The van der Waals surface area contributed by atoms with E-state index in [0.717, 1.165) is 27.8 Å². The predicted octanol–water partition coefficient (Wildman–Crippen LogP) is 9.18. The van der Waals surface area contributed by atoms with Crippen molar-refractivity contribution in [3.8, 4) is 28.0 Å². The first-order chi connectivity index (χ1) is 20.2. The molecule has 0 saturated carbocycles. The van der Waals surface area contributed by atoms with Crippen LogP contribution in [-0.4, -0.2) is 24.5 Å². The Morgan fingerprint density at radius 3 is 1.57 bits per heavy atom. The highest BCUT2D eigenvalue weighted by atomic mass is 35.5. The second-order valence-corrected chi connectivity index (χ2v) is 15.9. The lowest BCUT2D eigenvalue weighted by molar-refractivity contribution is 0.347. The first-order valence-electron chi connectivity index (χ1n) is 14.0. The molecular weight excluding hydrogens is 637 g/mol. The molecule has 0 aliphatic rings. The van der Waals surface area contributed by atoms with Crippen molar-refractivity contribution in [1.82, 2.24) is 0 Å². The van der Waals surface area contributed by atoms with Crippen molar-refractivity contribution in [2.24, 2.45) is 0 Å². The van der Waals surface area contributed by atoms with Crippen molar-refractivity contribution in [2.45, 2.75) is 66.2 Å². The van der Waals surface area contributed by atoms with Crippen molar-refractivity contribution >= 4 is 45.1 Å². The second kappa shape index (κ2) is 14.1. The molecule has 0 spiro atoms. The molecule has 0 aromatic heterocycles. The Kier molecular flexibility index (Phi) is 11.7. The van der Waals surface area contributed by atoms with Crippen LogP contribution in [0.15, 0.2) is 72.8 Å². The van der Waals surface area contributed by atoms with Gasteiger partial charge in [-0.05, 0) is 82.8 Å². The average molecular weight is 679 g/mol. The summed E-state index contributed by atoms with van der Waals surface area (Å²) in [5, 5.41) is 1.09. The number of rotatable bonds is 5. The summed E-state index contributed by atoms with van der Waals surface area (Å²) < 4.78 is 4.59. The van der Waals surface area contributed by atoms with Crippen molar-refractivity contribution in [3.63, 3.8) is 0 Å². The fraction of sp³-hybridized carbons (Fsp3) is 0.294. The summed E-state index contributed by atoms with van der Waals surface area (Å²) in [6.07, 6.45) is 0. The maximum atomic E-state index is 10.5. The molecule has 4 rings (SSSR count). The minimum Gasteiger partial charge on any atom is -0.427 e. The Morgan fingerprint density at radius 1 is 0.636 bits per heavy atom. The van der Waals surface area contributed by atoms with Crippen LogP contribution >= 0.6 is 39.7 Å². The molecule has 0 aliphatic heterocycles. The lowest BCUT2D eigenvalue weighted by Gasteiger charge is -2.29. The molecule has 0 atom stereocenters. The summed E-state index contributed by atoms with van der Waals surface area (Å²) in [4.78, 5) is 48.4. The van der Waals surface area contributed by atoms with Gasteiger partial charge in [0, 0.05) is 26.7 Å². The van der Waals surface area contributed by atoms with Gasteiger partial charge in [0.05, 0.1) is 0 Å². The molecule has 0 saturated heterocycles. The normalized spacial score (nSPS) is 12.2. The highest BCUT2D eigenvalue weighted by molar-refractivity contribution is 7.67. The van der Waals surface area contributed by atoms with Gasteiger partial charge in [-0.15, -0.1) is 0 Å². The molecule has 0 heterocycles. The Labute approximate surface area is 272 Å². The molecule has 236 valence electrons. The van der Waals surface area contributed by atoms with Gasteiger partial charge in [-0.3, -0.25) is 0 Å². The Bertz CT molecular complexity index is 1610. The molecule has 0 amide bonds. The maximum Gasteiger partial charge on any atom is 0.441 e. The van der Waals surface area contributed by atoms with E-state index < -0.39 is 16.5 Å². The van der Waals surface area contributed by atoms with Crippen LogP contribution in [0.4, 0.5) is 0 Å². The van der Waals surface area contributed by atoms with Crippen LogP contribution in [0, 0.1) is 13.8 Å². The standard InChI is InChI=1S/C28H34Cl2O3P.C6H7O3P/c1-16-12-19(27(3,4)5)24(21(29)14-16)18-10-9-11-23(34(31,32)33)25(18)26-20(28(6,7)8)13-17(2)15-22(26)30;7-10(8)9-6-4-2-1-3-5-6/h9-15,31-33H,1-8H3;1-5,7-8H/q+1;. The molecule has 0 radical (unpaired) electrons. The van der Waals surface area contributed by atoms with E-state index in [1.54, 1.807) is 36.4 Å². The molecule has 0 aliphatic carbocycles. The Hall–Kier alpha value is -2.08. The summed E-state index contributed by atoms with van der Waals surface area (Å²) in [5.74, 6) is 0.471. The lowest BCUT2D eigenvalue weighted by Crippen LogP contribution is -2.20. The monoisotopic (exact) mass is 677 g/mol. The highest BCUT2D eigenvalue weighted by Gasteiger charge is 2.41. The van der Waals surface area contributed by atoms with Crippen molar-refractivity contribution in [1.29, 1.82) is 0 Å². The molecule has 6 nitrogen and oxygen atoms in total. The Balaban J connectivity index is 0.000000448. The molecule has 10 heteroatoms. The lowest BCUT2D eigenvalue weighted by atomic mass is 9.77. The Morgan fingerprint density at radius 2 is 1.11 bits per heavy atom. The SMILES string of the molecule is Cc1cc(Cl)c(-c2cccc([P+](O)(O)O)c2-c2c(Cl)cc(C)cc2C(C)(C)C)c(C(C)(C)C)c1.OP(O)Oc1ccccc1. The zero-order valence-electron chi connectivity index (χ0n) is 26.2. The number of hydrogen-bond donors (Lipinski definition) is 5. The molecule has 44 heavy (non-hydrogen) atoms. The average Bonchev–Trinajstić information content (AvgIpc) is 2.87. The summed E-state index contributed by atoms with van der Waals surface area (Å²) in [5.41, 5.74) is 6.11. The van der Waals surface area contributed by atoms with Gasteiger partial charge < -0.3 is 14.3 Å². The summed E-state index contributed by atoms with van der Waals surface area (Å²) >= 11 is 13.8. The first-order valence-corrected chi connectivity index (χ1v) is 17.5. The van der Waals surface area contributed by atoms with E-state index in [9.17, 15) is 14.7 Å². The van der Waals surface area contributed by atoms with E-state index in [0.29, 0.717) is 32.5 Å². The van der Waals surface area contributed by atoms with Gasteiger partial charge in [-0.25, -0.2) is 0 Å². The van der Waals surface area contributed by atoms with Crippen LogP contribution in [0.25, 0.3) is 22.3 Å². The van der Waals surface area contributed by atoms with Gasteiger partial charge in [0.2, 0.25) is 0 Å². The van der Waals surface area contributed by atoms with Crippen LogP contribution < -0.4 is 9.83 Å². The van der Waals surface area contributed by atoms with Gasteiger partial charge in [-0.1, -0.05) is 107 Å².